The van der Waals surface area contributed by atoms with Crippen LogP contribution >= 0.6 is 0 Å². The monoisotopic (exact) mass is 510 g/mol. The Morgan fingerprint density at radius 3 is 1.66 bits per heavy atom. The zero-order valence-electron chi connectivity index (χ0n) is 20.7. The molecule has 2 saturated heterocycles. The smallest absolute Gasteiger partial charge is 0.187 e. The minimum atomic E-state index is -1.69. The molecule has 2 rings (SSSR count). The van der Waals surface area contributed by atoms with E-state index >= 15 is 0 Å². The third-order valence-electron chi connectivity index (χ3n) is 6.74. The molecule has 0 aromatic carbocycles. The first-order chi connectivity index (χ1) is 16.8. The van der Waals surface area contributed by atoms with E-state index in [9.17, 15) is 35.7 Å². The summed E-state index contributed by atoms with van der Waals surface area (Å²) in [4.78, 5) is 0. The van der Waals surface area contributed by atoms with E-state index in [1.165, 1.54) is 44.9 Å². The SMILES string of the molecule is CCCCCCCCCCCCO[C@@H]1OC(CO)[C@@H](O[C@H]2OC(CO)[C@@H](O)C(O)[C@@H]2O)C(O)[C@@H]1O. The molecular formula is C24H46O11. The quantitative estimate of drug-likeness (QED) is 0.134. The molecule has 0 radical (unpaired) electrons. The Morgan fingerprint density at radius 2 is 1.09 bits per heavy atom. The van der Waals surface area contributed by atoms with Crippen LogP contribution < -0.4 is 0 Å². The van der Waals surface area contributed by atoms with Crippen molar-refractivity contribution >= 4 is 0 Å². The molecule has 35 heavy (non-hydrogen) atoms. The van der Waals surface area contributed by atoms with E-state index in [2.05, 4.69) is 6.92 Å². The van der Waals surface area contributed by atoms with Crippen molar-refractivity contribution in [3.8, 4) is 0 Å². The van der Waals surface area contributed by atoms with Gasteiger partial charge in [-0.15, -0.1) is 0 Å². The van der Waals surface area contributed by atoms with Crippen LogP contribution in [-0.2, 0) is 18.9 Å². The van der Waals surface area contributed by atoms with E-state index in [4.69, 9.17) is 18.9 Å². The fourth-order valence-electron chi connectivity index (χ4n) is 4.48. The molecule has 0 aliphatic carbocycles. The number of hydrogen-bond donors (Lipinski definition) is 7. The summed E-state index contributed by atoms with van der Waals surface area (Å²) in [6.07, 6.45) is -2.63. The summed E-state index contributed by atoms with van der Waals surface area (Å²) in [5.74, 6) is 0. The van der Waals surface area contributed by atoms with Gasteiger partial charge in [-0.2, -0.15) is 0 Å². The van der Waals surface area contributed by atoms with Gasteiger partial charge in [-0.05, 0) is 6.42 Å². The maximum absolute atomic E-state index is 10.6. The Morgan fingerprint density at radius 1 is 0.571 bits per heavy atom. The first kappa shape index (κ1) is 30.8. The third kappa shape index (κ3) is 9.11. The summed E-state index contributed by atoms with van der Waals surface area (Å²) < 4.78 is 22.0. The van der Waals surface area contributed by atoms with E-state index in [1.54, 1.807) is 0 Å². The predicted octanol–water partition coefficient (Wildman–Crippen LogP) is -0.452. The van der Waals surface area contributed by atoms with Crippen LogP contribution in [0.2, 0.25) is 0 Å². The Bertz CT molecular complexity index is 550. The second kappa shape index (κ2) is 16.4. The molecule has 2 aliphatic rings. The van der Waals surface area contributed by atoms with Gasteiger partial charge in [0, 0.05) is 6.61 Å². The molecule has 0 aromatic rings. The maximum Gasteiger partial charge on any atom is 0.187 e. The lowest BCUT2D eigenvalue weighted by Gasteiger charge is -2.45. The molecule has 11 heteroatoms. The molecule has 0 aromatic heterocycles. The van der Waals surface area contributed by atoms with E-state index in [-0.39, 0.29) is 0 Å². The zero-order chi connectivity index (χ0) is 25.8. The maximum atomic E-state index is 10.6. The van der Waals surface area contributed by atoms with Gasteiger partial charge in [0.05, 0.1) is 13.2 Å². The number of unbranched alkanes of at least 4 members (excludes halogenated alkanes) is 9. The highest BCUT2D eigenvalue weighted by atomic mass is 16.7. The van der Waals surface area contributed by atoms with Crippen LogP contribution in [0.15, 0.2) is 0 Å². The van der Waals surface area contributed by atoms with E-state index in [0.717, 1.165) is 19.3 Å². The fraction of sp³-hybridized carbons (Fsp3) is 1.00. The molecule has 208 valence electrons. The van der Waals surface area contributed by atoms with Crippen molar-refractivity contribution < 1.29 is 54.7 Å². The van der Waals surface area contributed by atoms with Crippen molar-refractivity contribution in [2.75, 3.05) is 19.8 Å². The summed E-state index contributed by atoms with van der Waals surface area (Å²) in [6.45, 7) is 1.31. The lowest BCUT2D eigenvalue weighted by molar-refractivity contribution is -0.359. The second-order valence-electron chi connectivity index (χ2n) is 9.56. The van der Waals surface area contributed by atoms with Gasteiger partial charge < -0.3 is 54.7 Å². The van der Waals surface area contributed by atoms with Crippen LogP contribution in [0.3, 0.4) is 0 Å². The Hall–Kier alpha value is -0.440. The molecule has 2 fully saturated rings. The highest BCUT2D eigenvalue weighted by molar-refractivity contribution is 4.94. The van der Waals surface area contributed by atoms with Crippen LogP contribution in [0.4, 0.5) is 0 Å². The average Bonchev–Trinajstić information content (AvgIpc) is 2.86. The van der Waals surface area contributed by atoms with E-state index < -0.39 is 74.6 Å². The number of rotatable bonds is 16. The van der Waals surface area contributed by atoms with Gasteiger partial charge >= 0.3 is 0 Å². The van der Waals surface area contributed by atoms with Gasteiger partial charge in [0.1, 0.15) is 48.8 Å². The number of aliphatic hydroxyl groups is 7. The van der Waals surface area contributed by atoms with Crippen molar-refractivity contribution in [3.63, 3.8) is 0 Å². The number of ether oxygens (including phenoxy) is 4. The van der Waals surface area contributed by atoms with Gasteiger partial charge in [0.2, 0.25) is 0 Å². The normalized spacial score (nSPS) is 38.1. The van der Waals surface area contributed by atoms with Gasteiger partial charge in [-0.1, -0.05) is 64.7 Å². The van der Waals surface area contributed by atoms with Gasteiger partial charge in [0.15, 0.2) is 12.6 Å². The standard InChI is InChI=1S/C24H46O11/c1-2-3-4-5-6-7-8-9-10-11-12-32-23-21(31)19(29)22(16(14-26)34-23)35-24-20(30)18(28)17(27)15(13-25)33-24/h15-31H,2-14H2,1H3/t15?,16?,17-,18?,19?,20+,21+,22-,23-,24-/m1/s1. The van der Waals surface area contributed by atoms with Gasteiger partial charge in [0.25, 0.3) is 0 Å². The molecule has 10 atom stereocenters. The first-order valence-corrected chi connectivity index (χ1v) is 13.1. The molecule has 7 N–H and O–H groups in total. The van der Waals surface area contributed by atoms with Crippen LogP contribution in [0.1, 0.15) is 71.1 Å². The summed E-state index contributed by atoms with van der Waals surface area (Å²) in [7, 11) is 0. The van der Waals surface area contributed by atoms with Crippen LogP contribution in [0, 0.1) is 0 Å². The zero-order valence-corrected chi connectivity index (χ0v) is 20.7. The summed E-state index contributed by atoms with van der Waals surface area (Å²) in [6, 6.07) is 0. The molecule has 4 unspecified atom stereocenters. The van der Waals surface area contributed by atoms with Crippen molar-refractivity contribution in [1.82, 2.24) is 0 Å². The second-order valence-corrected chi connectivity index (χ2v) is 9.56. The minimum Gasteiger partial charge on any atom is -0.394 e. The lowest BCUT2D eigenvalue weighted by Crippen LogP contribution is -2.64. The topological polar surface area (TPSA) is 179 Å². The largest absolute Gasteiger partial charge is 0.394 e. The summed E-state index contributed by atoms with van der Waals surface area (Å²) in [5.41, 5.74) is 0. The van der Waals surface area contributed by atoms with Gasteiger partial charge in [-0.3, -0.25) is 0 Å². The van der Waals surface area contributed by atoms with Crippen LogP contribution in [-0.4, -0.2) is 117 Å². The van der Waals surface area contributed by atoms with E-state index in [1.807, 2.05) is 0 Å². The van der Waals surface area contributed by atoms with Crippen molar-refractivity contribution in [2.45, 2.75) is 133 Å². The summed E-state index contributed by atoms with van der Waals surface area (Å²) >= 11 is 0. The number of hydrogen-bond acceptors (Lipinski definition) is 11. The molecule has 2 aliphatic heterocycles. The number of aliphatic hydroxyl groups excluding tert-OH is 7. The van der Waals surface area contributed by atoms with Gasteiger partial charge in [-0.25, -0.2) is 0 Å². The Kier molecular flexibility index (Phi) is 14.4. The van der Waals surface area contributed by atoms with Crippen molar-refractivity contribution in [3.05, 3.63) is 0 Å². The molecule has 11 nitrogen and oxygen atoms in total. The highest BCUT2D eigenvalue weighted by Gasteiger charge is 2.50. The molecular weight excluding hydrogens is 464 g/mol. The van der Waals surface area contributed by atoms with Crippen molar-refractivity contribution in [1.29, 1.82) is 0 Å². The molecule has 0 spiro atoms. The molecule has 2 heterocycles. The average molecular weight is 511 g/mol. The minimum absolute atomic E-state index is 0.321. The molecule has 0 amide bonds. The Balaban J connectivity index is 1.74. The lowest BCUT2D eigenvalue weighted by atomic mass is 9.97. The van der Waals surface area contributed by atoms with Crippen LogP contribution in [0.5, 0.6) is 0 Å². The third-order valence-corrected chi connectivity index (χ3v) is 6.74. The predicted molar refractivity (Wildman–Crippen MR) is 124 cm³/mol. The summed E-state index contributed by atoms with van der Waals surface area (Å²) in [5, 5.41) is 70.1. The molecule has 0 bridgehead atoms. The highest BCUT2D eigenvalue weighted by Crippen LogP contribution is 2.29. The van der Waals surface area contributed by atoms with E-state index in [0.29, 0.717) is 6.61 Å². The van der Waals surface area contributed by atoms with Crippen molar-refractivity contribution in [2.24, 2.45) is 0 Å². The fourth-order valence-corrected chi connectivity index (χ4v) is 4.48. The van der Waals surface area contributed by atoms with Crippen LogP contribution in [0.25, 0.3) is 0 Å². The molecule has 0 saturated carbocycles. The Labute approximate surface area is 207 Å². The first-order valence-electron chi connectivity index (χ1n) is 13.1.